The fourth-order valence-corrected chi connectivity index (χ4v) is 0.683. The first-order valence-corrected chi connectivity index (χ1v) is 6.18. The quantitative estimate of drug-likeness (QED) is 0.459. The highest BCUT2D eigenvalue weighted by Gasteiger charge is 2.07. The number of rotatable bonds is 6. The van der Waals surface area contributed by atoms with E-state index in [0.717, 1.165) is 0 Å². The average Bonchev–Trinajstić information content (AvgIpc) is 2.36. The number of esters is 2. The SMILES string of the molecule is C=C(C)C(=O)OCC.C=C(C)C(=O)OCC(O)CCl. The van der Waals surface area contributed by atoms with Crippen molar-refractivity contribution in [3.8, 4) is 0 Å². The summed E-state index contributed by atoms with van der Waals surface area (Å²) in [5.74, 6) is -0.759. The zero-order valence-corrected chi connectivity index (χ0v) is 12.3. The Morgan fingerprint density at radius 1 is 1.16 bits per heavy atom. The van der Waals surface area contributed by atoms with E-state index in [1.807, 2.05) is 0 Å². The van der Waals surface area contributed by atoms with Gasteiger partial charge in [-0.05, 0) is 20.8 Å². The predicted octanol–water partition coefficient (Wildman–Crippen LogP) is 1.83. The number of carbonyl (C=O) groups is 2. The Morgan fingerprint density at radius 2 is 1.58 bits per heavy atom. The molecule has 0 fully saturated rings. The molecule has 0 rings (SSSR count). The Morgan fingerprint density at radius 3 is 1.84 bits per heavy atom. The Kier molecular flexibility index (Phi) is 12.4. The summed E-state index contributed by atoms with van der Waals surface area (Å²) in [5.41, 5.74) is 0.763. The lowest BCUT2D eigenvalue weighted by Gasteiger charge is -2.07. The van der Waals surface area contributed by atoms with Gasteiger partial charge in [-0.15, -0.1) is 11.6 Å². The zero-order chi connectivity index (χ0) is 15.4. The van der Waals surface area contributed by atoms with Crippen molar-refractivity contribution in [3.63, 3.8) is 0 Å². The van der Waals surface area contributed by atoms with E-state index in [1.165, 1.54) is 6.92 Å². The molecule has 0 saturated heterocycles. The third-order valence-corrected chi connectivity index (χ3v) is 1.91. The van der Waals surface area contributed by atoms with Crippen LogP contribution >= 0.6 is 11.6 Å². The minimum atomic E-state index is -0.792. The van der Waals surface area contributed by atoms with Crippen molar-refractivity contribution in [2.24, 2.45) is 0 Å². The van der Waals surface area contributed by atoms with E-state index in [9.17, 15) is 9.59 Å². The molecule has 0 aromatic rings. The van der Waals surface area contributed by atoms with Gasteiger partial charge in [-0.25, -0.2) is 9.59 Å². The second-order valence-electron chi connectivity index (χ2n) is 3.69. The van der Waals surface area contributed by atoms with Gasteiger partial charge in [-0.3, -0.25) is 0 Å². The number of ether oxygens (including phenoxy) is 2. The number of aliphatic hydroxyl groups is 1. The molecule has 1 N–H and O–H groups in total. The van der Waals surface area contributed by atoms with E-state index in [0.29, 0.717) is 17.8 Å². The molecule has 0 aliphatic rings. The maximum absolute atomic E-state index is 10.7. The van der Waals surface area contributed by atoms with Crippen LogP contribution < -0.4 is 0 Å². The van der Waals surface area contributed by atoms with Gasteiger partial charge in [0.05, 0.1) is 12.5 Å². The van der Waals surface area contributed by atoms with Gasteiger partial charge in [-0.2, -0.15) is 0 Å². The van der Waals surface area contributed by atoms with Crippen molar-refractivity contribution >= 4 is 23.5 Å². The number of halogens is 1. The smallest absolute Gasteiger partial charge is 0.333 e. The van der Waals surface area contributed by atoms with Crippen LogP contribution in [0.3, 0.4) is 0 Å². The monoisotopic (exact) mass is 292 g/mol. The Balaban J connectivity index is 0. The molecule has 0 aromatic heterocycles. The topological polar surface area (TPSA) is 72.8 Å². The Labute approximate surface area is 118 Å². The van der Waals surface area contributed by atoms with Crippen LogP contribution in [-0.4, -0.2) is 42.2 Å². The second-order valence-corrected chi connectivity index (χ2v) is 4.00. The number of aliphatic hydroxyl groups excluding tert-OH is 1. The first-order chi connectivity index (χ1) is 8.76. The summed E-state index contributed by atoms with van der Waals surface area (Å²) >= 11 is 5.25. The normalized spacial score (nSPS) is 10.6. The fourth-order valence-electron chi connectivity index (χ4n) is 0.594. The van der Waals surface area contributed by atoms with Crippen LogP contribution in [0.15, 0.2) is 24.3 Å². The molecular formula is C13H21ClO5. The van der Waals surface area contributed by atoms with E-state index < -0.39 is 12.1 Å². The fraction of sp³-hybridized carbons (Fsp3) is 0.538. The van der Waals surface area contributed by atoms with E-state index in [1.54, 1.807) is 13.8 Å². The first kappa shape index (κ1) is 20.0. The largest absolute Gasteiger partial charge is 0.463 e. The highest BCUT2D eigenvalue weighted by atomic mass is 35.5. The summed E-state index contributed by atoms with van der Waals surface area (Å²) in [7, 11) is 0. The summed E-state index contributed by atoms with van der Waals surface area (Å²) in [6.45, 7) is 12.0. The number of alkyl halides is 1. The Hall–Kier alpha value is -1.33. The lowest BCUT2D eigenvalue weighted by Crippen LogP contribution is -2.19. The Bertz CT molecular complexity index is 325. The van der Waals surface area contributed by atoms with Gasteiger partial charge in [-0.1, -0.05) is 13.2 Å². The van der Waals surface area contributed by atoms with E-state index >= 15 is 0 Å². The minimum absolute atomic E-state index is 0.0590. The molecule has 0 spiro atoms. The number of hydrogen-bond acceptors (Lipinski definition) is 5. The van der Waals surface area contributed by atoms with Crippen LogP contribution in [-0.2, 0) is 19.1 Å². The van der Waals surface area contributed by atoms with Crippen molar-refractivity contribution in [1.82, 2.24) is 0 Å². The van der Waals surface area contributed by atoms with Crippen LogP contribution in [0.1, 0.15) is 20.8 Å². The van der Waals surface area contributed by atoms with Crippen LogP contribution in [0.2, 0.25) is 0 Å². The third kappa shape index (κ3) is 12.9. The second kappa shape index (κ2) is 11.7. The van der Waals surface area contributed by atoms with E-state index in [-0.39, 0.29) is 18.5 Å². The molecule has 0 radical (unpaired) electrons. The van der Waals surface area contributed by atoms with Crippen molar-refractivity contribution in [3.05, 3.63) is 24.3 Å². The molecule has 0 heterocycles. The van der Waals surface area contributed by atoms with Crippen molar-refractivity contribution in [2.45, 2.75) is 26.9 Å². The molecule has 110 valence electrons. The summed E-state index contributed by atoms with van der Waals surface area (Å²) in [6.07, 6.45) is -0.792. The van der Waals surface area contributed by atoms with Gasteiger partial charge in [0.15, 0.2) is 0 Å². The van der Waals surface area contributed by atoms with Crippen LogP contribution in [0.25, 0.3) is 0 Å². The standard InChI is InChI=1S/C7H11ClO3.C6H10O2/c1-5(2)7(10)11-4-6(9)3-8;1-4-8-6(7)5(2)3/h6,9H,1,3-4H2,2H3;2,4H2,1,3H3. The predicted molar refractivity (Wildman–Crippen MR) is 73.9 cm³/mol. The molecule has 1 atom stereocenters. The van der Waals surface area contributed by atoms with Gasteiger partial charge in [0, 0.05) is 11.1 Å². The molecule has 0 saturated carbocycles. The van der Waals surface area contributed by atoms with Crippen LogP contribution in [0, 0.1) is 0 Å². The van der Waals surface area contributed by atoms with Gasteiger partial charge in [0.2, 0.25) is 0 Å². The highest BCUT2D eigenvalue weighted by Crippen LogP contribution is 1.95. The highest BCUT2D eigenvalue weighted by molar-refractivity contribution is 6.18. The molecule has 6 heteroatoms. The molecule has 5 nitrogen and oxygen atoms in total. The average molecular weight is 293 g/mol. The molecule has 0 aliphatic heterocycles. The lowest BCUT2D eigenvalue weighted by molar-refractivity contribution is -0.141. The van der Waals surface area contributed by atoms with Gasteiger partial charge in [0.1, 0.15) is 12.7 Å². The minimum Gasteiger partial charge on any atom is -0.463 e. The maximum atomic E-state index is 10.7. The molecule has 0 aliphatic carbocycles. The summed E-state index contributed by atoms with van der Waals surface area (Å²) in [6, 6.07) is 0. The molecule has 1 unspecified atom stereocenters. The number of hydrogen-bond donors (Lipinski definition) is 1. The van der Waals surface area contributed by atoms with Crippen molar-refractivity contribution < 1.29 is 24.2 Å². The van der Waals surface area contributed by atoms with Crippen LogP contribution in [0.4, 0.5) is 0 Å². The van der Waals surface area contributed by atoms with Gasteiger partial charge < -0.3 is 14.6 Å². The van der Waals surface area contributed by atoms with Crippen molar-refractivity contribution in [2.75, 3.05) is 19.1 Å². The molecule has 0 amide bonds. The number of carbonyl (C=O) groups excluding carboxylic acids is 2. The molecule has 19 heavy (non-hydrogen) atoms. The summed E-state index contributed by atoms with van der Waals surface area (Å²) in [5, 5.41) is 8.85. The lowest BCUT2D eigenvalue weighted by atomic mass is 10.3. The summed E-state index contributed by atoms with van der Waals surface area (Å²) in [4.78, 5) is 21.1. The maximum Gasteiger partial charge on any atom is 0.333 e. The van der Waals surface area contributed by atoms with Gasteiger partial charge >= 0.3 is 11.9 Å². The molecule has 0 aromatic carbocycles. The van der Waals surface area contributed by atoms with E-state index in [2.05, 4.69) is 22.6 Å². The van der Waals surface area contributed by atoms with Crippen LogP contribution in [0.5, 0.6) is 0 Å². The zero-order valence-electron chi connectivity index (χ0n) is 11.6. The molecule has 0 bridgehead atoms. The van der Waals surface area contributed by atoms with E-state index in [4.69, 9.17) is 16.7 Å². The molecular weight excluding hydrogens is 272 g/mol. The third-order valence-electron chi connectivity index (χ3n) is 1.56. The first-order valence-electron chi connectivity index (χ1n) is 5.65. The van der Waals surface area contributed by atoms with Gasteiger partial charge in [0.25, 0.3) is 0 Å². The summed E-state index contributed by atoms with van der Waals surface area (Å²) < 4.78 is 9.15. The van der Waals surface area contributed by atoms with Crippen molar-refractivity contribution in [1.29, 1.82) is 0 Å².